The van der Waals surface area contributed by atoms with Crippen molar-refractivity contribution in [3.05, 3.63) is 6.32 Å². The Morgan fingerprint density at radius 2 is 2.00 bits per heavy atom. The molecule has 1 atom stereocenters. The Morgan fingerprint density at radius 1 is 1.55 bits per heavy atom. The van der Waals surface area contributed by atoms with Gasteiger partial charge in [0, 0.05) is 0 Å². The molecule has 0 saturated carbocycles. The molecule has 0 aliphatic carbocycles. The Labute approximate surface area is 91.2 Å². The van der Waals surface area contributed by atoms with Gasteiger partial charge in [0.25, 0.3) is 0 Å². The number of rotatable bonds is 4. The Kier molecular flexibility index (Phi) is 6.10. The maximum atomic E-state index is 2.80. The first-order valence-corrected chi connectivity index (χ1v) is 6.56. The van der Waals surface area contributed by atoms with Crippen LogP contribution in [0.2, 0.25) is 0 Å². The summed E-state index contributed by atoms with van der Waals surface area (Å²) in [7, 11) is 2.80. The molecule has 1 unspecified atom stereocenters. The van der Waals surface area contributed by atoms with Crippen LogP contribution in [0.3, 0.4) is 0 Å². The first kappa shape index (κ1) is 12.6. The zero-order valence-corrected chi connectivity index (χ0v) is 11.7. The molecular weight excluding hydrogens is 285 g/mol. The fourth-order valence-corrected chi connectivity index (χ4v) is 4.23. The van der Waals surface area contributed by atoms with Gasteiger partial charge >= 0.3 is 0 Å². The monoisotopic (exact) mass is 301 g/mol. The molecule has 4 heteroatoms. The van der Waals surface area contributed by atoms with Gasteiger partial charge in [0.2, 0.25) is 0 Å². The summed E-state index contributed by atoms with van der Waals surface area (Å²) < 4.78 is 0.885. The van der Waals surface area contributed by atoms with Crippen molar-refractivity contribution in [2.75, 3.05) is 0 Å². The molecule has 0 aliphatic heterocycles. The fraction of sp³-hybridized carbons (Fsp3) is 0.857. The van der Waals surface area contributed by atoms with Crippen LogP contribution in [0.1, 0.15) is 27.7 Å². The molecule has 0 saturated heterocycles. The van der Waals surface area contributed by atoms with E-state index in [0.717, 1.165) is 0 Å². The minimum absolute atomic E-state index is 0.307. The minimum Gasteiger partial charge on any atom is -0.320 e. The van der Waals surface area contributed by atoms with E-state index in [9.17, 15) is 0 Å². The SMILES string of the molecule is CC(C)SC(C)(C)[CH-]B(P)I. The van der Waals surface area contributed by atoms with Crippen LogP contribution < -0.4 is 0 Å². The first-order chi connectivity index (χ1) is 4.83. The zero-order valence-electron chi connectivity index (χ0n) is 7.60. The highest BCUT2D eigenvalue weighted by molar-refractivity contribution is 14.1. The zero-order chi connectivity index (χ0) is 9.07. The van der Waals surface area contributed by atoms with E-state index >= 15 is 0 Å². The van der Waals surface area contributed by atoms with Gasteiger partial charge in [0.05, 0.1) is 4.29 Å². The van der Waals surface area contributed by atoms with Crippen LogP contribution in [0, 0.1) is 6.32 Å². The van der Waals surface area contributed by atoms with Gasteiger partial charge in [-0.15, -0.1) is 4.75 Å². The second-order valence-electron chi connectivity index (χ2n) is 3.38. The van der Waals surface area contributed by atoms with E-state index in [2.05, 4.69) is 65.5 Å². The topological polar surface area (TPSA) is 0 Å². The van der Waals surface area contributed by atoms with E-state index in [4.69, 9.17) is 0 Å². The molecule has 0 radical (unpaired) electrons. The van der Waals surface area contributed by atoms with Crippen molar-refractivity contribution in [1.82, 2.24) is 0 Å². The summed E-state index contributed by atoms with van der Waals surface area (Å²) >= 11 is 4.42. The number of halogens is 1. The average molecular weight is 301 g/mol. The molecule has 66 valence electrons. The average Bonchev–Trinajstić information content (AvgIpc) is 1.53. The normalized spacial score (nSPS) is 12.3. The second-order valence-corrected chi connectivity index (χ2v) is 9.13. The summed E-state index contributed by atoms with van der Waals surface area (Å²) in [5, 5.41) is 0.710. The van der Waals surface area contributed by atoms with Gasteiger partial charge in [-0.3, -0.25) is 0 Å². The van der Waals surface area contributed by atoms with Gasteiger partial charge in [-0.1, -0.05) is 27.7 Å². The Morgan fingerprint density at radius 3 is 2.27 bits per heavy atom. The lowest BCUT2D eigenvalue weighted by molar-refractivity contribution is 0.861. The van der Waals surface area contributed by atoms with Crippen LogP contribution >= 0.6 is 43.3 Å². The lowest BCUT2D eigenvalue weighted by Crippen LogP contribution is -2.22. The standard InChI is InChI=1S/C7H16BIPS/c1-6(2)11-7(3,4)5-8(9)10/h5-6H,10H2,1-4H3/q-1. The van der Waals surface area contributed by atoms with Crippen LogP contribution in [0.5, 0.6) is 0 Å². The van der Waals surface area contributed by atoms with Crippen molar-refractivity contribution in [3.8, 4) is 0 Å². The van der Waals surface area contributed by atoms with Crippen LogP contribution in [-0.4, -0.2) is 14.3 Å². The van der Waals surface area contributed by atoms with Crippen LogP contribution in [-0.2, 0) is 0 Å². The molecule has 0 aromatic rings. The van der Waals surface area contributed by atoms with Crippen molar-refractivity contribution in [1.29, 1.82) is 0 Å². The van der Waals surface area contributed by atoms with Gasteiger partial charge in [0.1, 0.15) is 0 Å². The Balaban J connectivity index is 3.79. The van der Waals surface area contributed by atoms with E-state index in [0.29, 0.717) is 14.3 Å². The van der Waals surface area contributed by atoms with Crippen molar-refractivity contribution in [2.45, 2.75) is 37.7 Å². The maximum Gasteiger partial charge on any atom is 0.0775 e. The van der Waals surface area contributed by atoms with Crippen LogP contribution in [0.25, 0.3) is 0 Å². The smallest absolute Gasteiger partial charge is 0.0775 e. The lowest BCUT2D eigenvalue weighted by atomic mass is 9.91. The van der Waals surface area contributed by atoms with Crippen molar-refractivity contribution in [3.63, 3.8) is 0 Å². The van der Waals surface area contributed by atoms with E-state index in [1.807, 2.05) is 11.8 Å². The van der Waals surface area contributed by atoms with Crippen molar-refractivity contribution in [2.24, 2.45) is 0 Å². The largest absolute Gasteiger partial charge is 0.320 e. The van der Waals surface area contributed by atoms with Gasteiger partial charge in [-0.25, -0.2) is 0 Å². The molecule has 0 fully saturated rings. The molecule has 0 aliphatic rings. The summed E-state index contributed by atoms with van der Waals surface area (Å²) in [5.74, 6) is 0. The molecule has 0 N–H and O–H groups in total. The number of thioether (sulfide) groups is 1. The third-order valence-electron chi connectivity index (χ3n) is 1.10. The Bertz CT molecular complexity index is 105. The predicted octanol–water partition coefficient (Wildman–Crippen LogP) is 3.45. The van der Waals surface area contributed by atoms with Gasteiger partial charge in [-0.05, 0) is 5.25 Å². The Hall–Kier alpha value is 1.57. The highest BCUT2D eigenvalue weighted by Gasteiger charge is 2.12. The first-order valence-electron chi connectivity index (χ1n) is 3.77. The summed E-state index contributed by atoms with van der Waals surface area (Å²) in [6.45, 7) is 9.03. The lowest BCUT2D eigenvalue weighted by Gasteiger charge is -2.37. The van der Waals surface area contributed by atoms with Crippen LogP contribution in [0.4, 0.5) is 0 Å². The molecule has 0 aromatic heterocycles. The molecule has 0 rings (SSSR count). The highest BCUT2D eigenvalue weighted by atomic mass is 127. The second kappa shape index (κ2) is 5.34. The third kappa shape index (κ3) is 7.92. The summed E-state index contributed by atoms with van der Waals surface area (Å²) in [6.07, 6.45) is 2.36. The van der Waals surface area contributed by atoms with Gasteiger partial charge < -0.3 is 6.32 Å². The molecule has 0 spiro atoms. The quantitative estimate of drug-likeness (QED) is 0.332. The molecular formula is C7H16BIPS-. The minimum atomic E-state index is 0.307. The number of hydrogen-bond donors (Lipinski definition) is 0. The molecule has 11 heavy (non-hydrogen) atoms. The van der Waals surface area contributed by atoms with E-state index in [1.54, 1.807) is 0 Å². The van der Waals surface area contributed by atoms with Crippen molar-refractivity contribution < 1.29 is 0 Å². The molecule has 0 bridgehead atoms. The van der Waals surface area contributed by atoms with Crippen molar-refractivity contribution >= 4 is 47.5 Å². The number of hydrogen-bond acceptors (Lipinski definition) is 1. The van der Waals surface area contributed by atoms with Crippen LogP contribution in [0.15, 0.2) is 0 Å². The van der Waals surface area contributed by atoms with E-state index < -0.39 is 0 Å². The van der Waals surface area contributed by atoms with E-state index in [1.165, 1.54) is 0 Å². The fourth-order valence-electron chi connectivity index (χ4n) is 1.03. The predicted molar refractivity (Wildman–Crippen MR) is 70.6 cm³/mol. The molecule has 0 aromatic carbocycles. The molecule has 0 amide bonds. The van der Waals surface area contributed by atoms with Gasteiger partial charge in [-0.2, -0.15) is 43.3 Å². The van der Waals surface area contributed by atoms with E-state index in [-0.39, 0.29) is 0 Å². The van der Waals surface area contributed by atoms with Gasteiger partial charge in [0.15, 0.2) is 0 Å². The summed E-state index contributed by atoms with van der Waals surface area (Å²) in [4.78, 5) is 0. The molecule has 0 nitrogen and oxygen atoms in total. The summed E-state index contributed by atoms with van der Waals surface area (Å²) in [5.41, 5.74) is 0. The summed E-state index contributed by atoms with van der Waals surface area (Å²) in [6, 6.07) is 0. The molecule has 0 heterocycles. The highest BCUT2D eigenvalue weighted by Crippen LogP contribution is 2.33. The third-order valence-corrected chi connectivity index (χ3v) is 2.87. The maximum absolute atomic E-state index is 2.80.